The topological polar surface area (TPSA) is 70.6 Å². The minimum Gasteiger partial charge on any atom is -0.396 e. The molecule has 1 rings (SSSR count). The monoisotopic (exact) mass is 314 g/mol. The van der Waals surface area contributed by atoms with E-state index in [-0.39, 0.29) is 29.9 Å². The van der Waals surface area contributed by atoms with E-state index in [2.05, 4.69) is 24.5 Å². The fourth-order valence-corrected chi connectivity index (χ4v) is 3.39. The molecule has 0 bridgehead atoms. The Morgan fingerprint density at radius 2 is 1.95 bits per heavy atom. The second-order valence-corrected chi connectivity index (χ2v) is 8.08. The van der Waals surface area contributed by atoms with E-state index in [1.165, 1.54) is 0 Å². The van der Waals surface area contributed by atoms with E-state index in [0.717, 1.165) is 19.3 Å². The molecule has 0 radical (unpaired) electrons. The normalized spacial score (nSPS) is 24.3. The lowest BCUT2D eigenvalue weighted by atomic mass is 9.94. The molecule has 22 heavy (non-hydrogen) atoms. The molecule has 0 aromatic heterocycles. The quantitative estimate of drug-likeness (QED) is 0.676. The van der Waals surface area contributed by atoms with Crippen molar-refractivity contribution in [3.8, 4) is 0 Å². The number of hydrogen-bond donors (Lipinski definition) is 3. The number of carbonyl (C=O) groups is 1. The number of carbonyl (C=O) groups excluding carboxylic acids is 1. The zero-order valence-electron chi connectivity index (χ0n) is 15.0. The van der Waals surface area contributed by atoms with Crippen LogP contribution < -0.4 is 10.6 Å². The van der Waals surface area contributed by atoms with Crippen molar-refractivity contribution in [3.05, 3.63) is 0 Å². The standard InChI is InChI=1S/C17H34N2O3/c1-12(2)9-13(7-8-20)11-18-15(21)19-14-10-16(3,4)22-17(14,5)6/h12-14,20H,7-11H2,1-6H3,(H2,18,19,21). The summed E-state index contributed by atoms with van der Waals surface area (Å²) in [5, 5.41) is 15.1. The van der Waals surface area contributed by atoms with Gasteiger partial charge in [-0.25, -0.2) is 4.79 Å². The molecule has 1 heterocycles. The van der Waals surface area contributed by atoms with Crippen molar-refractivity contribution in [3.63, 3.8) is 0 Å². The van der Waals surface area contributed by atoms with Crippen molar-refractivity contribution in [1.29, 1.82) is 0 Å². The van der Waals surface area contributed by atoms with Gasteiger partial charge in [-0.15, -0.1) is 0 Å². The van der Waals surface area contributed by atoms with Crippen LogP contribution in [0.15, 0.2) is 0 Å². The summed E-state index contributed by atoms with van der Waals surface area (Å²) in [6, 6.07) is -0.144. The lowest BCUT2D eigenvalue weighted by Gasteiger charge is -2.28. The summed E-state index contributed by atoms with van der Waals surface area (Å²) in [4.78, 5) is 12.2. The van der Waals surface area contributed by atoms with Crippen molar-refractivity contribution >= 4 is 6.03 Å². The van der Waals surface area contributed by atoms with Crippen LogP contribution in [0.25, 0.3) is 0 Å². The first-order valence-corrected chi connectivity index (χ1v) is 8.41. The van der Waals surface area contributed by atoms with Gasteiger partial charge >= 0.3 is 6.03 Å². The van der Waals surface area contributed by atoms with Crippen molar-refractivity contribution in [1.82, 2.24) is 10.6 Å². The average Bonchev–Trinajstić information content (AvgIpc) is 2.53. The molecule has 0 spiro atoms. The molecular formula is C17H34N2O3. The van der Waals surface area contributed by atoms with Gasteiger partial charge in [-0.3, -0.25) is 0 Å². The summed E-state index contributed by atoms with van der Waals surface area (Å²) >= 11 is 0. The molecule has 5 nitrogen and oxygen atoms in total. The van der Waals surface area contributed by atoms with E-state index >= 15 is 0 Å². The number of aliphatic hydroxyl groups is 1. The van der Waals surface area contributed by atoms with Gasteiger partial charge in [-0.1, -0.05) is 13.8 Å². The third kappa shape index (κ3) is 6.13. The van der Waals surface area contributed by atoms with Gasteiger partial charge in [0.15, 0.2) is 0 Å². The van der Waals surface area contributed by atoms with Gasteiger partial charge in [0, 0.05) is 13.2 Å². The van der Waals surface area contributed by atoms with E-state index < -0.39 is 0 Å². The Morgan fingerprint density at radius 1 is 1.32 bits per heavy atom. The summed E-state index contributed by atoms with van der Waals surface area (Å²) in [6.45, 7) is 13.2. The SMILES string of the molecule is CC(C)CC(CCO)CNC(=O)NC1CC(C)(C)OC1(C)C. The molecule has 2 unspecified atom stereocenters. The van der Waals surface area contributed by atoms with Crippen molar-refractivity contribution < 1.29 is 14.6 Å². The highest BCUT2D eigenvalue weighted by Gasteiger charge is 2.46. The molecule has 5 heteroatoms. The van der Waals surface area contributed by atoms with Gasteiger partial charge in [0.25, 0.3) is 0 Å². The first-order chi connectivity index (χ1) is 10.1. The summed E-state index contributed by atoms with van der Waals surface area (Å²) in [6.07, 6.45) is 2.54. The van der Waals surface area contributed by atoms with E-state index in [4.69, 9.17) is 9.84 Å². The Morgan fingerprint density at radius 3 is 2.41 bits per heavy atom. The molecule has 0 aromatic rings. The number of aliphatic hydroxyl groups excluding tert-OH is 1. The molecule has 2 atom stereocenters. The van der Waals surface area contributed by atoms with E-state index in [0.29, 0.717) is 18.4 Å². The first kappa shape index (κ1) is 19.2. The maximum Gasteiger partial charge on any atom is 0.315 e. The van der Waals surface area contributed by atoms with Crippen molar-refractivity contribution in [2.45, 2.75) is 78.0 Å². The van der Waals surface area contributed by atoms with Gasteiger partial charge in [-0.2, -0.15) is 0 Å². The van der Waals surface area contributed by atoms with Crippen LogP contribution in [0.4, 0.5) is 4.79 Å². The summed E-state index contributed by atoms with van der Waals surface area (Å²) in [5.41, 5.74) is -0.568. The predicted molar refractivity (Wildman–Crippen MR) is 88.8 cm³/mol. The number of nitrogens with one attached hydrogen (secondary N) is 2. The molecule has 0 saturated carbocycles. The molecule has 1 saturated heterocycles. The molecule has 130 valence electrons. The van der Waals surface area contributed by atoms with Crippen LogP contribution >= 0.6 is 0 Å². The first-order valence-electron chi connectivity index (χ1n) is 8.41. The van der Waals surface area contributed by atoms with Gasteiger partial charge in [-0.05, 0) is 58.8 Å². The number of ether oxygens (including phenoxy) is 1. The number of amides is 2. The van der Waals surface area contributed by atoms with Crippen LogP contribution in [0.3, 0.4) is 0 Å². The molecule has 1 aliphatic rings. The fourth-order valence-electron chi connectivity index (χ4n) is 3.39. The summed E-state index contributed by atoms with van der Waals surface area (Å²) < 4.78 is 5.99. The zero-order chi connectivity index (χ0) is 17.0. The molecule has 0 aliphatic carbocycles. The fraction of sp³-hybridized carbons (Fsp3) is 0.941. The Kier molecular flexibility index (Phi) is 6.68. The number of hydrogen-bond acceptors (Lipinski definition) is 3. The number of rotatable bonds is 7. The highest BCUT2D eigenvalue weighted by Crippen LogP contribution is 2.37. The van der Waals surface area contributed by atoms with Crippen molar-refractivity contribution in [2.75, 3.05) is 13.2 Å². The van der Waals surface area contributed by atoms with Gasteiger partial charge in [0.2, 0.25) is 0 Å². The summed E-state index contributed by atoms with van der Waals surface area (Å²) in [5.74, 6) is 0.879. The Labute approximate surface area is 135 Å². The van der Waals surface area contributed by atoms with E-state index in [1.54, 1.807) is 0 Å². The second kappa shape index (κ2) is 7.64. The van der Waals surface area contributed by atoms with E-state index in [1.807, 2.05) is 27.7 Å². The largest absolute Gasteiger partial charge is 0.396 e. The third-order valence-corrected chi connectivity index (χ3v) is 4.27. The molecule has 3 N–H and O–H groups in total. The molecule has 2 amide bonds. The minimum absolute atomic E-state index is 0.00360. The van der Waals surface area contributed by atoms with E-state index in [9.17, 15) is 4.79 Å². The molecular weight excluding hydrogens is 280 g/mol. The van der Waals surface area contributed by atoms with Crippen LogP contribution in [0.1, 0.15) is 60.8 Å². The lowest BCUT2D eigenvalue weighted by molar-refractivity contribution is -0.0690. The van der Waals surface area contributed by atoms with Crippen LogP contribution in [0.2, 0.25) is 0 Å². The second-order valence-electron chi connectivity index (χ2n) is 8.08. The van der Waals surface area contributed by atoms with Gasteiger partial charge < -0.3 is 20.5 Å². The number of urea groups is 1. The Balaban J connectivity index is 2.45. The van der Waals surface area contributed by atoms with Crippen LogP contribution in [-0.4, -0.2) is 41.5 Å². The highest BCUT2D eigenvalue weighted by atomic mass is 16.5. The summed E-state index contributed by atoms with van der Waals surface area (Å²) in [7, 11) is 0. The smallest absolute Gasteiger partial charge is 0.315 e. The maximum atomic E-state index is 12.2. The molecule has 1 fully saturated rings. The zero-order valence-corrected chi connectivity index (χ0v) is 15.0. The van der Waals surface area contributed by atoms with Gasteiger partial charge in [0.05, 0.1) is 17.2 Å². The molecule has 1 aliphatic heterocycles. The van der Waals surface area contributed by atoms with Crippen molar-refractivity contribution in [2.24, 2.45) is 11.8 Å². The predicted octanol–water partition coefficient (Wildman–Crippen LogP) is 2.68. The Bertz CT molecular complexity index is 367. The van der Waals surface area contributed by atoms with Gasteiger partial charge in [0.1, 0.15) is 0 Å². The van der Waals surface area contributed by atoms with Crippen LogP contribution in [-0.2, 0) is 4.74 Å². The lowest BCUT2D eigenvalue weighted by Crippen LogP contribution is -2.50. The highest BCUT2D eigenvalue weighted by molar-refractivity contribution is 5.74. The minimum atomic E-state index is -0.358. The molecule has 0 aromatic carbocycles. The average molecular weight is 314 g/mol. The Hall–Kier alpha value is -0.810. The maximum absolute atomic E-state index is 12.2. The van der Waals surface area contributed by atoms with Crippen LogP contribution in [0, 0.1) is 11.8 Å². The van der Waals surface area contributed by atoms with Crippen LogP contribution in [0.5, 0.6) is 0 Å². The third-order valence-electron chi connectivity index (χ3n) is 4.27.